The molecule has 0 saturated carbocycles. The predicted octanol–water partition coefficient (Wildman–Crippen LogP) is 3.10. The van der Waals surface area contributed by atoms with Gasteiger partial charge in [0.05, 0.1) is 6.61 Å². The van der Waals surface area contributed by atoms with Crippen molar-refractivity contribution in [2.75, 3.05) is 13.2 Å². The molecule has 160 valence electrons. The Morgan fingerprint density at radius 3 is 2.80 bits per heavy atom. The van der Waals surface area contributed by atoms with Crippen LogP contribution in [0.5, 0.6) is 0 Å². The Labute approximate surface area is 175 Å². The number of benzene rings is 1. The van der Waals surface area contributed by atoms with E-state index in [1.165, 1.54) is 11.9 Å². The Balaban J connectivity index is 1.42. The maximum absolute atomic E-state index is 12.4. The maximum Gasteiger partial charge on any atom is 0.249 e. The highest BCUT2D eigenvalue weighted by atomic mass is 16.5. The first kappa shape index (κ1) is 21.6. The average molecular weight is 412 g/mol. The Bertz CT molecular complexity index is 879. The van der Waals surface area contributed by atoms with E-state index in [2.05, 4.69) is 56.6 Å². The van der Waals surface area contributed by atoms with Gasteiger partial charge in [0.15, 0.2) is 5.82 Å². The summed E-state index contributed by atoms with van der Waals surface area (Å²) in [4.78, 5) is 20.8. The van der Waals surface area contributed by atoms with Crippen LogP contribution in [0.1, 0.15) is 50.6 Å². The fraction of sp³-hybridized carbons (Fsp3) is 0.476. The quantitative estimate of drug-likeness (QED) is 0.439. The number of aromatic amines is 1. The van der Waals surface area contributed by atoms with Crippen LogP contribution in [0.2, 0.25) is 0 Å². The highest BCUT2D eigenvalue weighted by Gasteiger charge is 2.23. The van der Waals surface area contributed by atoms with Crippen LogP contribution >= 0.6 is 0 Å². The third-order valence-corrected chi connectivity index (χ3v) is 4.48. The van der Waals surface area contributed by atoms with E-state index in [0.717, 1.165) is 6.42 Å². The molecule has 0 saturated heterocycles. The molecule has 0 aliphatic carbocycles. The summed E-state index contributed by atoms with van der Waals surface area (Å²) in [5.41, 5.74) is 1.25. The molecule has 0 bridgehead atoms. The number of hydrogen-bond acceptors (Lipinski definition) is 7. The summed E-state index contributed by atoms with van der Waals surface area (Å²) in [5.74, 6) is 1.39. The second-order valence-electron chi connectivity index (χ2n) is 7.49. The van der Waals surface area contributed by atoms with E-state index in [9.17, 15) is 4.79 Å². The van der Waals surface area contributed by atoms with Crippen molar-refractivity contribution in [3.05, 3.63) is 48.1 Å². The molecule has 3 rings (SSSR count). The molecular formula is C21H28N6O3. The molecule has 1 aromatic carbocycles. The predicted molar refractivity (Wildman–Crippen MR) is 110 cm³/mol. The van der Waals surface area contributed by atoms with E-state index in [1.807, 2.05) is 18.2 Å². The first-order chi connectivity index (χ1) is 14.6. The zero-order valence-corrected chi connectivity index (χ0v) is 17.4. The van der Waals surface area contributed by atoms with Gasteiger partial charge in [0.2, 0.25) is 17.6 Å². The van der Waals surface area contributed by atoms with Crippen LogP contribution in [-0.2, 0) is 16.0 Å². The van der Waals surface area contributed by atoms with Crippen LogP contribution in [0.15, 0.2) is 41.2 Å². The summed E-state index contributed by atoms with van der Waals surface area (Å²) in [6.45, 7) is 5.35. The van der Waals surface area contributed by atoms with Crippen molar-refractivity contribution in [3.63, 3.8) is 0 Å². The van der Waals surface area contributed by atoms with Gasteiger partial charge < -0.3 is 14.6 Å². The van der Waals surface area contributed by atoms with E-state index in [-0.39, 0.29) is 11.9 Å². The number of nitrogens with one attached hydrogen (secondary N) is 2. The van der Waals surface area contributed by atoms with Crippen LogP contribution in [-0.4, -0.2) is 44.4 Å². The standard InChI is InChI=1S/C21H28N6O3/c1-15(2)13-17(21-25-20(27-30-21)19-22-14-23-26-19)24-18(28)9-6-11-29-12-10-16-7-4-3-5-8-16/h3-5,7-8,14-15,17H,6,9-13H2,1-2H3,(H,24,28)(H,22,23,26). The zero-order chi connectivity index (χ0) is 21.2. The first-order valence-corrected chi connectivity index (χ1v) is 10.2. The lowest BCUT2D eigenvalue weighted by Gasteiger charge is -2.17. The molecule has 0 radical (unpaired) electrons. The lowest BCUT2D eigenvalue weighted by molar-refractivity contribution is -0.122. The fourth-order valence-electron chi connectivity index (χ4n) is 3.02. The third kappa shape index (κ3) is 6.77. The van der Waals surface area contributed by atoms with Crippen LogP contribution < -0.4 is 5.32 Å². The van der Waals surface area contributed by atoms with Crippen LogP contribution in [0, 0.1) is 5.92 Å². The van der Waals surface area contributed by atoms with Gasteiger partial charge in [-0.2, -0.15) is 10.1 Å². The number of amides is 1. The summed E-state index contributed by atoms with van der Waals surface area (Å²) >= 11 is 0. The van der Waals surface area contributed by atoms with Crippen LogP contribution in [0.25, 0.3) is 11.6 Å². The Kier molecular flexibility index (Phi) is 8.08. The highest BCUT2D eigenvalue weighted by molar-refractivity contribution is 5.76. The summed E-state index contributed by atoms with van der Waals surface area (Å²) < 4.78 is 11.0. The second-order valence-corrected chi connectivity index (χ2v) is 7.49. The Morgan fingerprint density at radius 2 is 2.07 bits per heavy atom. The minimum atomic E-state index is -0.347. The first-order valence-electron chi connectivity index (χ1n) is 10.2. The van der Waals surface area contributed by atoms with Crippen molar-refractivity contribution in [2.45, 2.75) is 45.6 Å². The zero-order valence-electron chi connectivity index (χ0n) is 17.4. The molecule has 30 heavy (non-hydrogen) atoms. The molecule has 1 atom stereocenters. The maximum atomic E-state index is 12.4. The summed E-state index contributed by atoms with van der Waals surface area (Å²) in [6.07, 6.45) is 3.97. The molecule has 0 aliphatic heterocycles. The summed E-state index contributed by atoms with van der Waals surface area (Å²) in [5, 5.41) is 13.4. The number of carbonyl (C=O) groups is 1. The van der Waals surface area contributed by atoms with Crippen molar-refractivity contribution in [1.82, 2.24) is 30.6 Å². The minimum absolute atomic E-state index is 0.0632. The van der Waals surface area contributed by atoms with E-state index in [1.54, 1.807) is 0 Å². The molecule has 1 amide bonds. The van der Waals surface area contributed by atoms with Crippen molar-refractivity contribution in [2.24, 2.45) is 5.92 Å². The van der Waals surface area contributed by atoms with Gasteiger partial charge in [0.1, 0.15) is 12.4 Å². The van der Waals surface area contributed by atoms with E-state index < -0.39 is 0 Å². The normalized spacial score (nSPS) is 12.2. The number of nitrogens with zero attached hydrogens (tertiary/aromatic N) is 4. The van der Waals surface area contributed by atoms with Crippen molar-refractivity contribution < 1.29 is 14.1 Å². The van der Waals surface area contributed by atoms with Crippen LogP contribution in [0.4, 0.5) is 0 Å². The summed E-state index contributed by atoms with van der Waals surface area (Å²) in [7, 11) is 0. The van der Waals surface area contributed by atoms with Gasteiger partial charge in [-0.25, -0.2) is 4.98 Å². The van der Waals surface area contributed by atoms with Gasteiger partial charge in [-0.1, -0.05) is 49.3 Å². The van der Waals surface area contributed by atoms with Gasteiger partial charge in [0.25, 0.3) is 0 Å². The Morgan fingerprint density at radius 1 is 1.23 bits per heavy atom. The van der Waals surface area contributed by atoms with E-state index in [0.29, 0.717) is 55.9 Å². The van der Waals surface area contributed by atoms with Crippen molar-refractivity contribution in [1.29, 1.82) is 0 Å². The summed E-state index contributed by atoms with van der Waals surface area (Å²) in [6, 6.07) is 9.85. The number of hydrogen-bond donors (Lipinski definition) is 2. The monoisotopic (exact) mass is 412 g/mol. The largest absolute Gasteiger partial charge is 0.381 e. The smallest absolute Gasteiger partial charge is 0.249 e. The molecule has 2 heterocycles. The molecule has 0 fully saturated rings. The average Bonchev–Trinajstić information content (AvgIpc) is 3.42. The molecule has 0 aliphatic rings. The molecule has 0 spiro atoms. The topological polar surface area (TPSA) is 119 Å². The minimum Gasteiger partial charge on any atom is -0.381 e. The van der Waals surface area contributed by atoms with Gasteiger partial charge in [-0.05, 0) is 30.7 Å². The fourth-order valence-corrected chi connectivity index (χ4v) is 3.02. The number of aromatic nitrogens is 5. The molecule has 3 aromatic rings. The molecule has 2 N–H and O–H groups in total. The highest BCUT2D eigenvalue weighted by Crippen LogP contribution is 2.22. The number of ether oxygens (including phenoxy) is 1. The van der Waals surface area contributed by atoms with Gasteiger partial charge >= 0.3 is 0 Å². The van der Waals surface area contributed by atoms with Crippen LogP contribution in [0.3, 0.4) is 0 Å². The van der Waals surface area contributed by atoms with Gasteiger partial charge in [-0.3, -0.25) is 9.89 Å². The lowest BCUT2D eigenvalue weighted by atomic mass is 10.0. The molecule has 9 heteroatoms. The van der Waals surface area contributed by atoms with Crippen molar-refractivity contribution in [3.8, 4) is 11.6 Å². The molecule has 2 aromatic heterocycles. The SMILES string of the molecule is CC(C)CC(NC(=O)CCCOCCc1ccccc1)c1nc(-c2ncn[nH]2)no1. The van der Waals surface area contributed by atoms with Crippen molar-refractivity contribution >= 4 is 5.91 Å². The second kappa shape index (κ2) is 11.2. The Hall–Kier alpha value is -3.07. The van der Waals surface area contributed by atoms with E-state index in [4.69, 9.17) is 9.26 Å². The van der Waals surface area contributed by atoms with Gasteiger partial charge in [-0.15, -0.1) is 0 Å². The molecule has 1 unspecified atom stereocenters. The third-order valence-electron chi connectivity index (χ3n) is 4.48. The lowest BCUT2D eigenvalue weighted by Crippen LogP contribution is -2.29. The molecular weight excluding hydrogens is 384 g/mol. The number of carbonyl (C=O) groups excluding carboxylic acids is 1. The number of rotatable bonds is 12. The number of H-pyrrole nitrogens is 1. The van der Waals surface area contributed by atoms with E-state index >= 15 is 0 Å². The van der Waals surface area contributed by atoms with Gasteiger partial charge in [0, 0.05) is 13.0 Å². The molecule has 9 nitrogen and oxygen atoms in total.